The van der Waals surface area contributed by atoms with Crippen molar-refractivity contribution in [1.82, 2.24) is 10.2 Å². The van der Waals surface area contributed by atoms with Crippen LogP contribution in [0.4, 0.5) is 5.69 Å². The third-order valence-electron chi connectivity index (χ3n) is 5.30. The Morgan fingerprint density at radius 2 is 1.63 bits per heavy atom. The molecule has 9 heteroatoms. The standard InChI is InChI=1S/C26H35N3O5S/c1-7-23(25(32)27-26(3,4)5)28(17-20-12-9-8-10-13-20)24(31)18-29(35(6,33)34)22-15-11-14-21(16-22)19(2)30/h8-16,23H,7,17-18H2,1-6H3,(H,27,32)/t23-/m0/s1. The van der Waals surface area contributed by atoms with Gasteiger partial charge in [-0.05, 0) is 51.8 Å². The summed E-state index contributed by atoms with van der Waals surface area (Å²) in [6.07, 6.45) is 1.35. The number of carbonyl (C=O) groups excluding carboxylic acids is 3. The molecule has 0 aromatic heterocycles. The average Bonchev–Trinajstić information content (AvgIpc) is 2.76. The molecule has 1 atom stereocenters. The molecular weight excluding hydrogens is 466 g/mol. The van der Waals surface area contributed by atoms with Gasteiger partial charge in [0.2, 0.25) is 21.8 Å². The lowest BCUT2D eigenvalue weighted by Gasteiger charge is -2.34. The summed E-state index contributed by atoms with van der Waals surface area (Å²) in [7, 11) is -3.87. The molecule has 0 spiro atoms. The van der Waals surface area contributed by atoms with E-state index in [1.165, 1.54) is 24.0 Å². The molecule has 35 heavy (non-hydrogen) atoms. The Morgan fingerprint density at radius 1 is 1.00 bits per heavy atom. The van der Waals surface area contributed by atoms with E-state index in [-0.39, 0.29) is 23.9 Å². The molecule has 2 rings (SSSR count). The van der Waals surface area contributed by atoms with Gasteiger partial charge in [-0.3, -0.25) is 18.7 Å². The third-order valence-corrected chi connectivity index (χ3v) is 6.44. The van der Waals surface area contributed by atoms with Gasteiger partial charge in [-0.2, -0.15) is 0 Å². The van der Waals surface area contributed by atoms with Crippen molar-refractivity contribution in [3.8, 4) is 0 Å². The second kappa shape index (κ2) is 11.5. The minimum atomic E-state index is -3.87. The van der Waals surface area contributed by atoms with Crippen LogP contribution in [-0.4, -0.2) is 55.3 Å². The van der Waals surface area contributed by atoms with Crippen LogP contribution in [0.25, 0.3) is 0 Å². The van der Waals surface area contributed by atoms with Crippen molar-refractivity contribution in [3.05, 3.63) is 65.7 Å². The molecule has 0 bridgehead atoms. The monoisotopic (exact) mass is 501 g/mol. The molecule has 1 N–H and O–H groups in total. The summed E-state index contributed by atoms with van der Waals surface area (Å²) in [6.45, 7) is 8.39. The number of hydrogen-bond donors (Lipinski definition) is 1. The van der Waals surface area contributed by atoms with Crippen LogP contribution in [0.1, 0.15) is 57.0 Å². The number of nitrogens with one attached hydrogen (secondary N) is 1. The van der Waals surface area contributed by atoms with Crippen LogP contribution in [0.15, 0.2) is 54.6 Å². The van der Waals surface area contributed by atoms with Crippen molar-refractivity contribution in [1.29, 1.82) is 0 Å². The van der Waals surface area contributed by atoms with Gasteiger partial charge in [-0.1, -0.05) is 49.4 Å². The molecule has 2 amide bonds. The molecule has 0 aliphatic heterocycles. The Kier molecular flexibility index (Phi) is 9.20. The van der Waals surface area contributed by atoms with Crippen molar-refractivity contribution >= 4 is 33.3 Å². The number of ketones is 1. The van der Waals surface area contributed by atoms with E-state index in [0.717, 1.165) is 16.1 Å². The molecule has 190 valence electrons. The zero-order chi connectivity index (χ0) is 26.4. The maximum atomic E-state index is 13.6. The van der Waals surface area contributed by atoms with Crippen LogP contribution < -0.4 is 9.62 Å². The lowest BCUT2D eigenvalue weighted by Crippen LogP contribution is -2.55. The van der Waals surface area contributed by atoms with Gasteiger partial charge >= 0.3 is 0 Å². The van der Waals surface area contributed by atoms with E-state index in [1.54, 1.807) is 12.1 Å². The highest BCUT2D eigenvalue weighted by atomic mass is 32.2. The van der Waals surface area contributed by atoms with Gasteiger partial charge < -0.3 is 10.2 Å². The molecule has 0 saturated heterocycles. The van der Waals surface area contributed by atoms with E-state index in [2.05, 4.69) is 5.32 Å². The maximum absolute atomic E-state index is 13.6. The van der Waals surface area contributed by atoms with E-state index in [4.69, 9.17) is 0 Å². The molecule has 8 nitrogen and oxygen atoms in total. The molecule has 0 aliphatic carbocycles. The van der Waals surface area contributed by atoms with Crippen LogP contribution in [0.5, 0.6) is 0 Å². The van der Waals surface area contributed by atoms with Crippen LogP contribution in [0, 0.1) is 0 Å². The number of anilines is 1. The summed E-state index contributed by atoms with van der Waals surface area (Å²) in [5.41, 5.74) is 0.853. The maximum Gasteiger partial charge on any atom is 0.244 e. The van der Waals surface area contributed by atoms with Crippen molar-refractivity contribution < 1.29 is 22.8 Å². The Bertz CT molecular complexity index is 1160. The van der Waals surface area contributed by atoms with Gasteiger partial charge in [-0.25, -0.2) is 8.42 Å². The lowest BCUT2D eigenvalue weighted by molar-refractivity contribution is -0.141. The fourth-order valence-corrected chi connectivity index (χ4v) is 4.49. The molecule has 0 heterocycles. The van der Waals surface area contributed by atoms with Crippen molar-refractivity contribution in [2.75, 3.05) is 17.1 Å². The first kappa shape index (κ1) is 28.0. The minimum absolute atomic E-state index is 0.140. The largest absolute Gasteiger partial charge is 0.350 e. The highest BCUT2D eigenvalue weighted by Crippen LogP contribution is 2.21. The fourth-order valence-electron chi connectivity index (χ4n) is 3.65. The van der Waals surface area contributed by atoms with Crippen molar-refractivity contribution in [2.45, 2.75) is 59.2 Å². The first-order valence-electron chi connectivity index (χ1n) is 11.5. The lowest BCUT2D eigenvalue weighted by atomic mass is 10.1. The Labute approximate surface area is 208 Å². The molecule has 0 aliphatic rings. The summed E-state index contributed by atoms with van der Waals surface area (Å²) in [5.74, 6) is -1.06. The number of rotatable bonds is 10. The number of nitrogens with zero attached hydrogens (tertiary/aromatic N) is 2. The number of sulfonamides is 1. The summed E-state index contributed by atoms with van der Waals surface area (Å²) >= 11 is 0. The van der Waals surface area contributed by atoms with Crippen LogP contribution in [0.3, 0.4) is 0 Å². The summed E-state index contributed by atoms with van der Waals surface area (Å²) in [4.78, 5) is 40.0. The Morgan fingerprint density at radius 3 is 2.14 bits per heavy atom. The van der Waals surface area contributed by atoms with Crippen LogP contribution in [0.2, 0.25) is 0 Å². The normalized spacial score (nSPS) is 12.5. The minimum Gasteiger partial charge on any atom is -0.350 e. The molecule has 2 aromatic rings. The average molecular weight is 502 g/mol. The Hall–Kier alpha value is -3.20. The molecule has 2 aromatic carbocycles. The molecule has 0 unspecified atom stereocenters. The molecule has 0 fully saturated rings. The third kappa shape index (κ3) is 8.20. The fraction of sp³-hybridized carbons (Fsp3) is 0.423. The number of carbonyl (C=O) groups is 3. The zero-order valence-corrected chi connectivity index (χ0v) is 22.1. The van der Waals surface area contributed by atoms with Crippen LogP contribution >= 0.6 is 0 Å². The highest BCUT2D eigenvalue weighted by Gasteiger charge is 2.33. The van der Waals surface area contributed by atoms with Gasteiger partial charge in [0.15, 0.2) is 5.78 Å². The number of amides is 2. The van der Waals surface area contributed by atoms with Crippen LogP contribution in [-0.2, 0) is 26.2 Å². The topological polar surface area (TPSA) is 104 Å². The summed E-state index contributed by atoms with van der Waals surface area (Å²) in [6, 6.07) is 14.6. The van der Waals surface area contributed by atoms with Gasteiger partial charge in [0.05, 0.1) is 11.9 Å². The van der Waals surface area contributed by atoms with E-state index >= 15 is 0 Å². The number of Topliss-reactive ketones (excluding diaryl/α,β-unsaturated/α-hetero) is 1. The first-order valence-corrected chi connectivity index (χ1v) is 13.3. The van der Waals surface area contributed by atoms with Gasteiger partial charge in [0, 0.05) is 17.6 Å². The Balaban J connectivity index is 2.47. The second-order valence-electron chi connectivity index (χ2n) is 9.55. The predicted octanol–water partition coefficient (Wildman–Crippen LogP) is 3.38. The van der Waals surface area contributed by atoms with E-state index in [9.17, 15) is 22.8 Å². The SMILES string of the molecule is CC[C@@H](C(=O)NC(C)(C)C)N(Cc1ccccc1)C(=O)CN(c1cccc(C(C)=O)c1)S(C)(=O)=O. The smallest absolute Gasteiger partial charge is 0.244 e. The van der Waals surface area contributed by atoms with Gasteiger partial charge in [-0.15, -0.1) is 0 Å². The highest BCUT2D eigenvalue weighted by molar-refractivity contribution is 7.92. The molecular formula is C26H35N3O5S. The predicted molar refractivity (Wildman–Crippen MR) is 138 cm³/mol. The molecule has 0 saturated carbocycles. The zero-order valence-electron chi connectivity index (χ0n) is 21.2. The van der Waals surface area contributed by atoms with E-state index < -0.39 is 34.1 Å². The molecule has 0 radical (unpaired) electrons. The quantitative estimate of drug-likeness (QED) is 0.503. The second-order valence-corrected chi connectivity index (χ2v) is 11.5. The number of benzene rings is 2. The van der Waals surface area contributed by atoms with E-state index in [1.807, 2.05) is 58.0 Å². The summed E-state index contributed by atoms with van der Waals surface area (Å²) in [5, 5.41) is 2.92. The number of hydrogen-bond acceptors (Lipinski definition) is 5. The first-order chi connectivity index (χ1) is 16.2. The summed E-state index contributed by atoms with van der Waals surface area (Å²) < 4.78 is 26.3. The van der Waals surface area contributed by atoms with Gasteiger partial charge in [0.25, 0.3) is 0 Å². The van der Waals surface area contributed by atoms with Crippen molar-refractivity contribution in [3.63, 3.8) is 0 Å². The van der Waals surface area contributed by atoms with Crippen molar-refractivity contribution in [2.24, 2.45) is 0 Å². The van der Waals surface area contributed by atoms with E-state index in [0.29, 0.717) is 12.0 Å². The van der Waals surface area contributed by atoms with Gasteiger partial charge in [0.1, 0.15) is 12.6 Å².